The van der Waals surface area contributed by atoms with Crippen LogP contribution in [0.15, 0.2) is 41.8 Å². The number of Topliss-reactive ketones (excluding diaryl/α,β-unsaturated/α-hetero) is 1. The van der Waals surface area contributed by atoms with Crippen LogP contribution in [0.4, 0.5) is 5.00 Å². The topological polar surface area (TPSA) is 60.2 Å². The molecule has 0 fully saturated rings. The maximum atomic E-state index is 12.4. The first-order chi connectivity index (χ1) is 9.13. The third kappa shape index (κ3) is 2.88. The van der Waals surface area contributed by atoms with E-state index in [1.807, 2.05) is 37.3 Å². The third-order valence-corrected chi connectivity index (χ3v) is 3.86. The summed E-state index contributed by atoms with van der Waals surface area (Å²) in [5, 5.41) is 12.2. The van der Waals surface area contributed by atoms with Gasteiger partial charge in [0.2, 0.25) is 0 Å². The molecule has 4 nitrogen and oxygen atoms in total. The minimum absolute atomic E-state index is 0.00580. The highest BCUT2D eigenvalue weighted by Crippen LogP contribution is 2.29. The van der Waals surface area contributed by atoms with Crippen molar-refractivity contribution < 1.29 is 9.72 Å². The lowest BCUT2D eigenvalue weighted by molar-refractivity contribution is -0.380. The smallest absolute Gasteiger partial charge is 0.293 e. The normalized spacial score (nSPS) is 12.1. The number of hydrogen-bond acceptors (Lipinski definition) is 4. The van der Waals surface area contributed by atoms with Crippen molar-refractivity contribution in [3.05, 3.63) is 63.0 Å². The summed E-state index contributed by atoms with van der Waals surface area (Å²) in [6.07, 6.45) is 0.673. The molecule has 98 valence electrons. The number of thiophene rings is 1. The molecule has 1 atom stereocenters. The van der Waals surface area contributed by atoms with Gasteiger partial charge in [0, 0.05) is 22.9 Å². The van der Waals surface area contributed by atoms with Gasteiger partial charge in [-0.15, -0.1) is 0 Å². The Labute approximate surface area is 114 Å². The molecule has 2 rings (SSSR count). The van der Waals surface area contributed by atoms with Gasteiger partial charge in [-0.25, -0.2) is 0 Å². The van der Waals surface area contributed by atoms with E-state index in [4.69, 9.17) is 0 Å². The van der Waals surface area contributed by atoms with Gasteiger partial charge < -0.3 is 0 Å². The molecule has 0 amide bonds. The van der Waals surface area contributed by atoms with Gasteiger partial charge in [-0.2, -0.15) is 0 Å². The van der Waals surface area contributed by atoms with E-state index in [2.05, 4.69) is 0 Å². The summed E-state index contributed by atoms with van der Waals surface area (Å²) >= 11 is 0.989. The summed E-state index contributed by atoms with van der Waals surface area (Å²) in [5.74, 6) is -0.298. The Morgan fingerprint density at radius 1 is 1.37 bits per heavy atom. The van der Waals surface area contributed by atoms with Crippen molar-refractivity contribution in [3.63, 3.8) is 0 Å². The fourth-order valence-electron chi connectivity index (χ4n) is 2.01. The third-order valence-electron chi connectivity index (χ3n) is 2.98. The Hall–Kier alpha value is -2.01. The first kappa shape index (κ1) is 13.4. The number of nitrogens with zero attached hydrogens (tertiary/aromatic N) is 1. The average Bonchev–Trinajstić information content (AvgIpc) is 2.90. The Morgan fingerprint density at radius 3 is 2.58 bits per heavy atom. The van der Waals surface area contributed by atoms with Crippen molar-refractivity contribution in [2.45, 2.75) is 19.3 Å². The van der Waals surface area contributed by atoms with Crippen molar-refractivity contribution in [3.8, 4) is 0 Å². The zero-order chi connectivity index (χ0) is 13.8. The first-order valence-corrected chi connectivity index (χ1v) is 6.83. The van der Waals surface area contributed by atoms with Crippen LogP contribution in [0.3, 0.4) is 0 Å². The molecule has 2 aromatic rings. The number of carbonyl (C=O) groups excluding carboxylic acids is 1. The average molecular weight is 275 g/mol. The van der Waals surface area contributed by atoms with Gasteiger partial charge >= 0.3 is 5.00 Å². The minimum Gasteiger partial charge on any atom is -0.293 e. The maximum Gasteiger partial charge on any atom is 0.324 e. The second-order valence-corrected chi connectivity index (χ2v) is 5.06. The molecule has 0 saturated carbocycles. The number of benzene rings is 1. The van der Waals surface area contributed by atoms with Crippen LogP contribution in [0.2, 0.25) is 0 Å². The summed E-state index contributed by atoms with van der Waals surface area (Å²) in [4.78, 5) is 22.6. The highest BCUT2D eigenvalue weighted by atomic mass is 32.1. The largest absolute Gasteiger partial charge is 0.324 e. The Balaban J connectivity index is 2.28. The van der Waals surface area contributed by atoms with E-state index in [1.165, 1.54) is 6.07 Å². The number of ketones is 1. The summed E-state index contributed by atoms with van der Waals surface area (Å²) in [5.41, 5.74) is 1.37. The van der Waals surface area contributed by atoms with E-state index >= 15 is 0 Å². The van der Waals surface area contributed by atoms with Crippen LogP contribution in [0.5, 0.6) is 0 Å². The van der Waals surface area contributed by atoms with Crippen LogP contribution in [-0.2, 0) is 0 Å². The Morgan fingerprint density at radius 2 is 2.05 bits per heavy atom. The number of nitro groups is 1. The van der Waals surface area contributed by atoms with Crippen molar-refractivity contribution >= 4 is 22.1 Å². The molecule has 1 heterocycles. The maximum absolute atomic E-state index is 12.4. The molecule has 1 unspecified atom stereocenters. The van der Waals surface area contributed by atoms with Crippen LogP contribution in [0.1, 0.15) is 35.2 Å². The van der Waals surface area contributed by atoms with Crippen LogP contribution < -0.4 is 0 Å². The van der Waals surface area contributed by atoms with Crippen LogP contribution in [0.25, 0.3) is 0 Å². The lowest BCUT2D eigenvalue weighted by atomic mass is 9.90. The molecule has 0 aliphatic rings. The predicted molar refractivity (Wildman–Crippen MR) is 74.8 cm³/mol. The quantitative estimate of drug-likeness (QED) is 0.470. The summed E-state index contributed by atoms with van der Waals surface area (Å²) in [6, 6.07) is 10.9. The predicted octanol–water partition coefficient (Wildman–Crippen LogP) is 4.03. The highest BCUT2D eigenvalue weighted by Gasteiger charge is 2.23. The highest BCUT2D eigenvalue weighted by molar-refractivity contribution is 7.13. The summed E-state index contributed by atoms with van der Waals surface area (Å²) in [7, 11) is 0. The molecule has 0 aliphatic carbocycles. The molecule has 0 aliphatic heterocycles. The van der Waals surface area contributed by atoms with E-state index < -0.39 is 4.92 Å². The van der Waals surface area contributed by atoms with Gasteiger partial charge in [0.15, 0.2) is 5.78 Å². The Kier molecular flexibility index (Phi) is 4.06. The number of rotatable bonds is 5. The van der Waals surface area contributed by atoms with E-state index in [9.17, 15) is 14.9 Å². The molecule has 0 bridgehead atoms. The molecule has 0 N–H and O–H groups in total. The van der Waals surface area contributed by atoms with Gasteiger partial charge in [-0.3, -0.25) is 14.9 Å². The van der Waals surface area contributed by atoms with Gasteiger partial charge in [0.1, 0.15) is 0 Å². The molecular weight excluding hydrogens is 262 g/mol. The first-order valence-electron chi connectivity index (χ1n) is 5.95. The molecule has 0 saturated heterocycles. The second kappa shape index (κ2) is 5.75. The minimum atomic E-state index is -0.467. The van der Waals surface area contributed by atoms with Crippen molar-refractivity contribution in [1.82, 2.24) is 0 Å². The van der Waals surface area contributed by atoms with Gasteiger partial charge in [0.05, 0.1) is 4.92 Å². The molecule has 1 aromatic heterocycles. The zero-order valence-corrected chi connectivity index (χ0v) is 11.2. The van der Waals surface area contributed by atoms with Crippen molar-refractivity contribution in [2.75, 3.05) is 0 Å². The lowest BCUT2D eigenvalue weighted by Gasteiger charge is -2.12. The van der Waals surface area contributed by atoms with E-state index in [0.29, 0.717) is 12.0 Å². The van der Waals surface area contributed by atoms with Gasteiger partial charge in [-0.1, -0.05) is 48.6 Å². The van der Waals surface area contributed by atoms with Crippen LogP contribution in [-0.4, -0.2) is 10.7 Å². The monoisotopic (exact) mass is 275 g/mol. The standard InChI is InChI=1S/C14H13NO3S/c1-2-12(10-6-4-3-5-7-10)14(16)11-8-13(15(17)18)19-9-11/h3-9,12H,2H2,1H3. The SMILES string of the molecule is CCC(C(=O)c1csc([N+](=O)[O-])c1)c1ccccc1. The number of carbonyl (C=O) groups is 1. The van der Waals surface area contributed by atoms with Gasteiger partial charge in [-0.05, 0) is 12.0 Å². The van der Waals surface area contributed by atoms with Crippen LogP contribution >= 0.6 is 11.3 Å². The molecule has 0 radical (unpaired) electrons. The molecular formula is C14H13NO3S. The fraction of sp³-hybridized carbons (Fsp3) is 0.214. The summed E-state index contributed by atoms with van der Waals surface area (Å²) < 4.78 is 0. The molecule has 1 aromatic carbocycles. The molecule has 5 heteroatoms. The second-order valence-electron chi connectivity index (χ2n) is 4.17. The zero-order valence-electron chi connectivity index (χ0n) is 10.4. The van der Waals surface area contributed by atoms with Crippen LogP contribution in [0, 0.1) is 10.1 Å². The number of hydrogen-bond donors (Lipinski definition) is 0. The fourth-order valence-corrected chi connectivity index (χ4v) is 2.72. The van der Waals surface area contributed by atoms with Gasteiger partial charge in [0.25, 0.3) is 0 Å². The molecule has 19 heavy (non-hydrogen) atoms. The van der Waals surface area contributed by atoms with E-state index in [1.54, 1.807) is 5.38 Å². The lowest BCUT2D eigenvalue weighted by Crippen LogP contribution is -2.11. The van der Waals surface area contributed by atoms with E-state index in [0.717, 1.165) is 16.9 Å². The molecule has 0 spiro atoms. The van der Waals surface area contributed by atoms with Crippen molar-refractivity contribution in [2.24, 2.45) is 0 Å². The summed E-state index contributed by atoms with van der Waals surface area (Å²) in [6.45, 7) is 1.94. The van der Waals surface area contributed by atoms with E-state index in [-0.39, 0.29) is 16.7 Å². The van der Waals surface area contributed by atoms with Crippen molar-refractivity contribution in [1.29, 1.82) is 0 Å². The Bertz CT molecular complexity index is 592.